The number of aryl methyl sites for hydroxylation is 2. The zero-order valence-corrected chi connectivity index (χ0v) is 34.3. The van der Waals surface area contributed by atoms with Crippen LogP contribution in [0.1, 0.15) is 141 Å². The van der Waals surface area contributed by atoms with Crippen LogP contribution in [0.4, 0.5) is 28.4 Å². The quantitative estimate of drug-likeness (QED) is 0.0676. The second kappa shape index (κ2) is 21.6. The van der Waals surface area contributed by atoms with Crippen molar-refractivity contribution in [2.24, 2.45) is 0 Å². The van der Waals surface area contributed by atoms with Crippen molar-refractivity contribution in [3.8, 4) is 11.1 Å². The summed E-state index contributed by atoms with van der Waals surface area (Å²) in [5, 5.41) is 3.64. The van der Waals surface area contributed by atoms with E-state index in [0.717, 1.165) is 42.0 Å². The molecule has 0 saturated carbocycles. The van der Waals surface area contributed by atoms with Crippen molar-refractivity contribution >= 4 is 28.4 Å². The molecule has 0 saturated heterocycles. The molecule has 5 aromatic rings. The topological polar surface area (TPSA) is 15.3 Å². The molecular weight excluding hydrogens is 653 g/mol. The summed E-state index contributed by atoms with van der Waals surface area (Å²) in [4.78, 5) is 2.39. The van der Waals surface area contributed by atoms with E-state index in [2.05, 4.69) is 166 Å². The summed E-state index contributed by atoms with van der Waals surface area (Å²) < 4.78 is 0. The number of nitrogens with one attached hydrogen (secondary N) is 1. The molecule has 0 bridgehead atoms. The van der Waals surface area contributed by atoms with E-state index in [1.54, 1.807) is 0 Å². The number of nitrogens with zero attached hydrogens (tertiary/aromatic N) is 1. The SMILES string of the molecule is CCCCCCCCc1ccc(Nc2ccc(N(c3ccc(CCCCCCCC)cc3)c3ccc(-c4ccc(C(C)(CC)CC)cc4)cc3)cc2)cc1. The lowest BCUT2D eigenvalue weighted by Gasteiger charge is -2.27. The van der Waals surface area contributed by atoms with Gasteiger partial charge in [0.1, 0.15) is 0 Å². The Hall–Kier alpha value is -4.30. The Bertz CT molecular complexity index is 1750. The molecule has 0 amide bonds. The molecular formula is C52H68N2. The third-order valence-electron chi connectivity index (χ3n) is 11.8. The highest BCUT2D eigenvalue weighted by Crippen LogP contribution is 2.37. The minimum absolute atomic E-state index is 0.232. The van der Waals surface area contributed by atoms with Crippen LogP contribution in [0.3, 0.4) is 0 Å². The van der Waals surface area contributed by atoms with E-state index < -0.39 is 0 Å². The van der Waals surface area contributed by atoms with Crippen molar-refractivity contribution < 1.29 is 0 Å². The first-order valence-electron chi connectivity index (χ1n) is 21.5. The average molecular weight is 721 g/mol. The van der Waals surface area contributed by atoms with Gasteiger partial charge in [-0.05, 0) is 132 Å². The van der Waals surface area contributed by atoms with Crippen LogP contribution in [0, 0.1) is 0 Å². The summed E-state index contributed by atoms with van der Waals surface area (Å²) in [5.74, 6) is 0. The molecule has 2 heteroatoms. The Morgan fingerprint density at radius 3 is 1.20 bits per heavy atom. The van der Waals surface area contributed by atoms with Gasteiger partial charge in [0, 0.05) is 28.4 Å². The first kappa shape index (κ1) is 40.9. The van der Waals surface area contributed by atoms with E-state index in [0.29, 0.717) is 0 Å². The van der Waals surface area contributed by atoms with Gasteiger partial charge in [0.25, 0.3) is 0 Å². The molecule has 0 fully saturated rings. The predicted octanol–water partition coefficient (Wildman–Crippen LogP) is 16.5. The van der Waals surface area contributed by atoms with Gasteiger partial charge in [-0.15, -0.1) is 0 Å². The van der Waals surface area contributed by atoms with Crippen molar-refractivity contribution in [1.29, 1.82) is 0 Å². The molecule has 2 nitrogen and oxygen atoms in total. The molecule has 54 heavy (non-hydrogen) atoms. The van der Waals surface area contributed by atoms with Gasteiger partial charge in [-0.2, -0.15) is 0 Å². The van der Waals surface area contributed by atoms with Crippen LogP contribution in [0.2, 0.25) is 0 Å². The van der Waals surface area contributed by atoms with E-state index >= 15 is 0 Å². The lowest BCUT2D eigenvalue weighted by Crippen LogP contribution is -2.19. The number of rotatable bonds is 23. The van der Waals surface area contributed by atoms with Crippen molar-refractivity contribution in [3.63, 3.8) is 0 Å². The minimum atomic E-state index is 0.232. The van der Waals surface area contributed by atoms with Crippen LogP contribution in [-0.4, -0.2) is 0 Å². The molecule has 1 N–H and O–H groups in total. The third-order valence-corrected chi connectivity index (χ3v) is 11.8. The number of hydrogen-bond acceptors (Lipinski definition) is 2. The highest BCUT2D eigenvalue weighted by atomic mass is 15.1. The highest BCUT2D eigenvalue weighted by molar-refractivity contribution is 5.79. The molecule has 0 heterocycles. The number of benzene rings is 5. The first-order chi connectivity index (χ1) is 26.5. The highest BCUT2D eigenvalue weighted by Gasteiger charge is 2.22. The summed E-state index contributed by atoms with van der Waals surface area (Å²) in [7, 11) is 0. The molecule has 0 aromatic heterocycles. The largest absolute Gasteiger partial charge is 0.356 e. The average Bonchev–Trinajstić information content (AvgIpc) is 3.22. The predicted molar refractivity (Wildman–Crippen MR) is 238 cm³/mol. The van der Waals surface area contributed by atoms with Gasteiger partial charge in [0.2, 0.25) is 0 Å². The third kappa shape index (κ3) is 11.8. The molecule has 0 unspecified atom stereocenters. The molecule has 0 spiro atoms. The monoisotopic (exact) mass is 721 g/mol. The molecule has 0 atom stereocenters. The van der Waals surface area contributed by atoms with E-state index in [9.17, 15) is 0 Å². The molecule has 0 aliphatic heterocycles. The van der Waals surface area contributed by atoms with Crippen molar-refractivity contribution in [1.82, 2.24) is 0 Å². The molecule has 0 aliphatic rings. The van der Waals surface area contributed by atoms with Crippen molar-refractivity contribution in [3.05, 3.63) is 138 Å². The van der Waals surface area contributed by atoms with Crippen LogP contribution < -0.4 is 10.2 Å². The van der Waals surface area contributed by atoms with Gasteiger partial charge in [-0.1, -0.05) is 159 Å². The lowest BCUT2D eigenvalue weighted by atomic mass is 9.77. The van der Waals surface area contributed by atoms with Gasteiger partial charge in [-0.25, -0.2) is 0 Å². The first-order valence-corrected chi connectivity index (χ1v) is 21.5. The van der Waals surface area contributed by atoms with Gasteiger partial charge >= 0.3 is 0 Å². The number of anilines is 5. The Labute approximate surface area is 329 Å². The standard InChI is InChI=1S/C52H68N2/c1-6-10-12-14-16-18-20-42-22-32-47(33-23-42)53-48-34-40-51(41-35-48)54(49-36-24-43(25-37-49)21-19-17-15-13-11-7-2)50-38-28-45(29-39-50)44-26-30-46(31-27-44)52(5,8-3)9-4/h22-41,53H,6-21H2,1-5H3. The summed E-state index contributed by atoms with van der Waals surface area (Å²) in [5.41, 5.74) is 12.7. The Kier molecular flexibility index (Phi) is 16.3. The van der Waals surface area contributed by atoms with Crippen LogP contribution in [0.25, 0.3) is 11.1 Å². The number of unbranched alkanes of at least 4 members (excludes halogenated alkanes) is 10. The molecule has 0 radical (unpaired) electrons. The Balaban J connectivity index is 1.30. The fraction of sp³-hybridized carbons (Fsp3) is 0.423. The van der Waals surface area contributed by atoms with Gasteiger partial charge in [0.15, 0.2) is 0 Å². The fourth-order valence-electron chi connectivity index (χ4n) is 7.62. The van der Waals surface area contributed by atoms with Crippen LogP contribution in [0.15, 0.2) is 121 Å². The molecule has 5 rings (SSSR count). The van der Waals surface area contributed by atoms with Gasteiger partial charge < -0.3 is 10.2 Å². The number of hydrogen-bond donors (Lipinski definition) is 1. The second-order valence-corrected chi connectivity index (χ2v) is 15.8. The van der Waals surface area contributed by atoms with Crippen molar-refractivity contribution in [2.45, 2.75) is 143 Å². The minimum Gasteiger partial charge on any atom is -0.356 e. The summed E-state index contributed by atoms with van der Waals surface area (Å²) in [6, 6.07) is 45.5. The molecule has 0 aliphatic carbocycles. The summed E-state index contributed by atoms with van der Waals surface area (Å²) in [6.07, 6.45) is 20.6. The maximum absolute atomic E-state index is 3.64. The summed E-state index contributed by atoms with van der Waals surface area (Å²) >= 11 is 0. The smallest absolute Gasteiger partial charge is 0.0463 e. The van der Waals surface area contributed by atoms with E-state index in [1.807, 2.05) is 0 Å². The molecule has 5 aromatic carbocycles. The lowest BCUT2D eigenvalue weighted by molar-refractivity contribution is 0.439. The fourth-order valence-corrected chi connectivity index (χ4v) is 7.62. The van der Waals surface area contributed by atoms with Crippen LogP contribution >= 0.6 is 0 Å². The maximum Gasteiger partial charge on any atom is 0.0463 e. The molecule has 286 valence electrons. The van der Waals surface area contributed by atoms with E-state index in [1.165, 1.54) is 117 Å². The second-order valence-electron chi connectivity index (χ2n) is 15.8. The van der Waals surface area contributed by atoms with Crippen molar-refractivity contribution in [2.75, 3.05) is 10.2 Å². The van der Waals surface area contributed by atoms with Crippen LogP contribution in [-0.2, 0) is 18.3 Å². The maximum atomic E-state index is 3.64. The summed E-state index contributed by atoms with van der Waals surface area (Å²) in [6.45, 7) is 11.5. The Morgan fingerprint density at radius 1 is 0.407 bits per heavy atom. The Morgan fingerprint density at radius 2 is 0.759 bits per heavy atom. The zero-order chi connectivity index (χ0) is 38.0. The van der Waals surface area contributed by atoms with E-state index in [4.69, 9.17) is 0 Å². The van der Waals surface area contributed by atoms with Gasteiger partial charge in [-0.3, -0.25) is 0 Å². The van der Waals surface area contributed by atoms with E-state index in [-0.39, 0.29) is 5.41 Å². The zero-order valence-electron chi connectivity index (χ0n) is 34.3. The van der Waals surface area contributed by atoms with Crippen LogP contribution in [0.5, 0.6) is 0 Å². The normalized spacial score (nSPS) is 11.5. The van der Waals surface area contributed by atoms with Gasteiger partial charge in [0.05, 0.1) is 0 Å².